The number of nitrogens with two attached hydrogens (primary N) is 1. The molecule has 0 spiro atoms. The third kappa shape index (κ3) is 5.21. The first kappa shape index (κ1) is 26.0. The van der Waals surface area contributed by atoms with Gasteiger partial charge in [0.1, 0.15) is 10.8 Å². The second-order valence-electron chi connectivity index (χ2n) is 9.66. The monoisotopic (exact) mass is 525 g/mol. The second kappa shape index (κ2) is 9.76. The quantitative estimate of drug-likeness (QED) is 0.543. The molecule has 2 saturated heterocycles. The zero-order valence-electron chi connectivity index (χ0n) is 19.8. The van der Waals surface area contributed by atoms with E-state index in [1.54, 1.807) is 12.1 Å². The number of ether oxygens (including phenoxy) is 1. The van der Waals surface area contributed by atoms with Crippen molar-refractivity contribution in [1.82, 2.24) is 15.3 Å². The van der Waals surface area contributed by atoms with E-state index in [2.05, 4.69) is 20.2 Å². The summed E-state index contributed by atoms with van der Waals surface area (Å²) in [5.74, 6) is -4.08. The van der Waals surface area contributed by atoms with Gasteiger partial charge in [0.25, 0.3) is 5.91 Å². The SMILES string of the molecule is CC(C)(Oc1ncc(C(F)(F)CF)cc1Cl)C(=O)NC1C[C@H]2CC[C@@H](C1)N2c1ccc(C(N)=O)cn1. The van der Waals surface area contributed by atoms with Crippen LogP contribution in [0.15, 0.2) is 30.6 Å². The van der Waals surface area contributed by atoms with Crippen molar-refractivity contribution in [3.05, 3.63) is 46.7 Å². The highest BCUT2D eigenvalue weighted by Crippen LogP contribution is 2.39. The Morgan fingerprint density at radius 2 is 1.86 bits per heavy atom. The fraction of sp³-hybridized carbons (Fsp3) is 0.500. The van der Waals surface area contributed by atoms with E-state index < -0.39 is 35.6 Å². The summed E-state index contributed by atoms with van der Waals surface area (Å²) in [5, 5.41) is 2.78. The fourth-order valence-electron chi connectivity index (χ4n) is 4.78. The summed E-state index contributed by atoms with van der Waals surface area (Å²) >= 11 is 6.03. The van der Waals surface area contributed by atoms with Crippen molar-refractivity contribution in [3.63, 3.8) is 0 Å². The van der Waals surface area contributed by atoms with Crippen LogP contribution in [0, 0.1) is 0 Å². The van der Waals surface area contributed by atoms with Gasteiger partial charge in [-0.3, -0.25) is 9.59 Å². The van der Waals surface area contributed by atoms with Crippen LogP contribution in [0.2, 0.25) is 5.02 Å². The molecule has 2 aliphatic heterocycles. The molecule has 2 bridgehead atoms. The third-order valence-corrected chi connectivity index (χ3v) is 6.93. The van der Waals surface area contributed by atoms with E-state index in [9.17, 15) is 22.8 Å². The number of piperidine rings is 1. The Kier molecular flexibility index (Phi) is 7.05. The van der Waals surface area contributed by atoms with Gasteiger partial charge in [-0.25, -0.2) is 14.4 Å². The van der Waals surface area contributed by atoms with Gasteiger partial charge in [0.15, 0.2) is 12.3 Å². The molecule has 12 heteroatoms. The van der Waals surface area contributed by atoms with Gasteiger partial charge in [-0.2, -0.15) is 8.78 Å². The number of fused-ring (bicyclic) bond motifs is 2. The van der Waals surface area contributed by atoms with Crippen LogP contribution in [0.5, 0.6) is 5.88 Å². The van der Waals surface area contributed by atoms with Gasteiger partial charge in [-0.1, -0.05) is 11.6 Å². The number of carbonyl (C=O) groups excluding carboxylic acids is 2. The molecule has 4 rings (SSSR count). The molecule has 0 aromatic carbocycles. The van der Waals surface area contributed by atoms with E-state index in [4.69, 9.17) is 22.1 Å². The number of hydrogen-bond acceptors (Lipinski definition) is 6. The molecule has 4 heterocycles. The van der Waals surface area contributed by atoms with E-state index in [1.807, 2.05) is 0 Å². The molecule has 2 fully saturated rings. The summed E-state index contributed by atoms with van der Waals surface area (Å²) in [6.07, 6.45) is 5.55. The molecule has 2 aromatic heterocycles. The fourth-order valence-corrected chi connectivity index (χ4v) is 4.98. The standard InChI is InChI=1S/C24H27ClF3N5O3/c1-23(2,36-21-18(25)7-14(11-31-21)24(27,28)12-26)22(35)32-15-8-16-4-5-17(9-15)33(16)19-6-3-13(10-30-19)20(29)34/h3,6-7,10-11,15-17H,4-5,8-9,12H2,1-2H3,(H2,29,34)(H,32,35)/t15?,16-,17+. The molecular formula is C24H27ClF3N5O3. The topological polar surface area (TPSA) is 110 Å². The van der Waals surface area contributed by atoms with Crippen LogP contribution >= 0.6 is 11.6 Å². The number of amides is 2. The van der Waals surface area contributed by atoms with Crippen LogP contribution in [-0.4, -0.2) is 52.2 Å². The lowest BCUT2D eigenvalue weighted by molar-refractivity contribution is -0.135. The molecule has 3 atom stereocenters. The molecule has 2 aromatic rings. The minimum absolute atomic E-state index is 0.104. The molecule has 36 heavy (non-hydrogen) atoms. The van der Waals surface area contributed by atoms with Gasteiger partial charge < -0.3 is 20.7 Å². The van der Waals surface area contributed by atoms with Crippen LogP contribution in [0.4, 0.5) is 19.0 Å². The number of halogens is 4. The molecule has 0 radical (unpaired) electrons. The van der Waals surface area contributed by atoms with Gasteiger partial charge in [0.05, 0.1) is 5.56 Å². The Morgan fingerprint density at radius 3 is 2.39 bits per heavy atom. The number of anilines is 1. The smallest absolute Gasteiger partial charge is 0.302 e. The Bertz CT molecular complexity index is 1130. The van der Waals surface area contributed by atoms with Crippen LogP contribution < -0.4 is 20.7 Å². The van der Waals surface area contributed by atoms with Crippen LogP contribution in [0.1, 0.15) is 55.5 Å². The van der Waals surface area contributed by atoms with E-state index in [1.165, 1.54) is 20.0 Å². The number of aromatic nitrogens is 2. The van der Waals surface area contributed by atoms with E-state index in [0.29, 0.717) is 18.4 Å². The Labute approximate surface area is 211 Å². The molecule has 1 unspecified atom stereocenters. The molecule has 0 saturated carbocycles. The van der Waals surface area contributed by atoms with E-state index in [0.717, 1.165) is 30.9 Å². The average Bonchev–Trinajstić information content (AvgIpc) is 3.10. The summed E-state index contributed by atoms with van der Waals surface area (Å²) in [6.45, 7) is 1.17. The maximum Gasteiger partial charge on any atom is 0.302 e. The maximum atomic E-state index is 13.6. The van der Waals surface area contributed by atoms with Gasteiger partial charge in [-0.05, 0) is 57.7 Å². The van der Waals surface area contributed by atoms with Crippen molar-refractivity contribution >= 4 is 29.2 Å². The van der Waals surface area contributed by atoms with Crippen LogP contribution in [0.25, 0.3) is 0 Å². The highest BCUT2D eigenvalue weighted by atomic mass is 35.5. The summed E-state index contributed by atoms with van der Waals surface area (Å²) in [6, 6.07) is 4.56. The van der Waals surface area contributed by atoms with E-state index in [-0.39, 0.29) is 29.0 Å². The Hall–Kier alpha value is -3.08. The minimum atomic E-state index is -3.71. The number of carbonyl (C=O) groups is 2. The Morgan fingerprint density at radius 1 is 1.19 bits per heavy atom. The van der Waals surface area contributed by atoms with Crippen molar-refractivity contribution in [2.24, 2.45) is 5.73 Å². The minimum Gasteiger partial charge on any atom is -0.460 e. The first-order valence-corrected chi connectivity index (χ1v) is 11.9. The number of pyridine rings is 2. The summed E-state index contributed by atoms with van der Waals surface area (Å²) in [4.78, 5) is 34.8. The van der Waals surface area contributed by atoms with Crippen LogP contribution in [0.3, 0.4) is 0 Å². The van der Waals surface area contributed by atoms with Gasteiger partial charge >= 0.3 is 5.92 Å². The molecule has 0 aliphatic carbocycles. The number of alkyl halides is 3. The molecule has 2 amide bonds. The summed E-state index contributed by atoms with van der Waals surface area (Å²) in [7, 11) is 0. The van der Waals surface area contributed by atoms with Gasteiger partial charge in [-0.15, -0.1) is 0 Å². The van der Waals surface area contributed by atoms with Crippen molar-refractivity contribution in [2.75, 3.05) is 11.6 Å². The lowest BCUT2D eigenvalue weighted by Gasteiger charge is -2.40. The van der Waals surface area contributed by atoms with Crippen LogP contribution in [-0.2, 0) is 10.7 Å². The van der Waals surface area contributed by atoms with Gasteiger partial charge in [0, 0.05) is 36.1 Å². The Balaban J connectivity index is 1.39. The molecule has 3 N–H and O–H groups in total. The number of rotatable bonds is 8. The molecule has 8 nitrogen and oxygen atoms in total. The molecular weight excluding hydrogens is 499 g/mol. The number of hydrogen-bond donors (Lipinski definition) is 2. The maximum absolute atomic E-state index is 13.6. The largest absolute Gasteiger partial charge is 0.460 e. The third-order valence-electron chi connectivity index (χ3n) is 6.66. The molecule has 2 aliphatic rings. The first-order chi connectivity index (χ1) is 16.9. The summed E-state index contributed by atoms with van der Waals surface area (Å²) < 4.78 is 45.4. The van der Waals surface area contributed by atoms with Crippen molar-refractivity contribution in [2.45, 2.75) is 69.2 Å². The number of nitrogens with zero attached hydrogens (tertiary/aromatic N) is 3. The second-order valence-corrected chi connectivity index (χ2v) is 10.1. The molecule has 194 valence electrons. The lowest BCUT2D eigenvalue weighted by atomic mass is 9.96. The normalized spacial score (nSPS) is 21.8. The first-order valence-electron chi connectivity index (χ1n) is 11.6. The predicted molar refractivity (Wildman–Crippen MR) is 127 cm³/mol. The zero-order chi connectivity index (χ0) is 26.3. The highest BCUT2D eigenvalue weighted by Gasteiger charge is 2.43. The van der Waals surface area contributed by atoms with Crippen molar-refractivity contribution in [3.8, 4) is 5.88 Å². The predicted octanol–water partition coefficient (Wildman–Crippen LogP) is 3.76. The zero-order valence-corrected chi connectivity index (χ0v) is 20.6. The number of nitrogens with one attached hydrogen (secondary N) is 1. The lowest BCUT2D eigenvalue weighted by Crippen LogP contribution is -2.55. The number of primary amides is 1. The van der Waals surface area contributed by atoms with Crippen molar-refractivity contribution in [1.29, 1.82) is 0 Å². The summed E-state index contributed by atoms with van der Waals surface area (Å²) in [5.41, 5.74) is 3.57. The highest BCUT2D eigenvalue weighted by molar-refractivity contribution is 6.31. The van der Waals surface area contributed by atoms with E-state index >= 15 is 0 Å². The van der Waals surface area contributed by atoms with Gasteiger partial charge in [0.2, 0.25) is 11.8 Å². The average molecular weight is 526 g/mol. The van der Waals surface area contributed by atoms with Crippen molar-refractivity contribution < 1.29 is 27.5 Å².